The van der Waals surface area contributed by atoms with Crippen LogP contribution in [-0.2, 0) is 13.8 Å². The minimum Gasteiger partial charge on any atom is -0.397 e. The molecular formula is C17H25N4O8P. The zero-order chi connectivity index (χ0) is 22.6. The van der Waals surface area contributed by atoms with Gasteiger partial charge in [-0.3, -0.25) is 18.9 Å². The second kappa shape index (κ2) is 9.56. The number of H-pyrrole nitrogens is 1. The molecule has 0 radical (unpaired) electrons. The van der Waals surface area contributed by atoms with Crippen LogP contribution in [0.1, 0.15) is 23.8 Å². The maximum Gasteiger partial charge on any atom is 0.469 e. The summed E-state index contributed by atoms with van der Waals surface area (Å²) in [5.41, 5.74) is 12.5. The standard InChI is InChI=1S/C10H15N2O8P.C7H10N2/c1-5-3-12(10(15)11-9(5)14)8-2-6(13)7(20-8)4-19-21(16,17)18;1-5-3-2-4-6(8)7(5)9/h3,6-8,13H,2,4H2,1H3,(H,11,14,15)(H2,16,17,18);2-4H,8-9H2,1H3/t6-,7+,8+;/m0./s1. The molecule has 1 aromatic heterocycles. The number of phosphoric acid groups is 1. The lowest BCUT2D eigenvalue weighted by Gasteiger charge is -2.16. The highest BCUT2D eigenvalue weighted by Crippen LogP contribution is 2.38. The predicted molar refractivity (Wildman–Crippen MR) is 109 cm³/mol. The molecule has 3 atom stereocenters. The number of hydrogen-bond acceptors (Lipinski definition) is 8. The van der Waals surface area contributed by atoms with E-state index in [0.717, 1.165) is 10.1 Å². The van der Waals surface area contributed by atoms with Gasteiger partial charge in [0.1, 0.15) is 12.3 Å². The summed E-state index contributed by atoms with van der Waals surface area (Å²) in [6, 6.07) is 5.62. The van der Waals surface area contributed by atoms with Crippen molar-refractivity contribution in [1.29, 1.82) is 0 Å². The number of rotatable bonds is 4. The summed E-state index contributed by atoms with van der Waals surface area (Å²) >= 11 is 0. The SMILES string of the molecule is Cc1cccc(N)c1N.Cc1cn([C@H]2C[C@H](O)[C@@H](COP(=O)(O)O)O2)c(=O)[nH]c1=O. The Morgan fingerprint density at radius 3 is 2.50 bits per heavy atom. The van der Waals surface area contributed by atoms with E-state index in [1.54, 1.807) is 6.07 Å². The maximum absolute atomic E-state index is 11.7. The van der Waals surface area contributed by atoms with Crippen LogP contribution in [0.5, 0.6) is 0 Å². The van der Waals surface area contributed by atoms with Crippen molar-refractivity contribution in [3.63, 3.8) is 0 Å². The molecule has 1 aromatic carbocycles. The van der Waals surface area contributed by atoms with Gasteiger partial charge in [-0.25, -0.2) is 9.36 Å². The van der Waals surface area contributed by atoms with Gasteiger partial charge < -0.3 is 31.1 Å². The number of nitrogens with one attached hydrogen (secondary N) is 1. The van der Waals surface area contributed by atoms with Crippen LogP contribution in [0, 0.1) is 13.8 Å². The highest BCUT2D eigenvalue weighted by molar-refractivity contribution is 7.46. The number of aromatic amines is 1. The zero-order valence-electron chi connectivity index (χ0n) is 16.4. The number of aromatic nitrogens is 2. The molecule has 8 N–H and O–H groups in total. The average Bonchev–Trinajstić information content (AvgIpc) is 3.01. The van der Waals surface area contributed by atoms with Crippen molar-refractivity contribution in [1.82, 2.24) is 9.55 Å². The van der Waals surface area contributed by atoms with Gasteiger partial charge in [0.2, 0.25) is 0 Å². The average molecular weight is 444 g/mol. The molecule has 3 rings (SSSR count). The summed E-state index contributed by atoms with van der Waals surface area (Å²) in [6.07, 6.45) is -1.57. The molecule has 0 bridgehead atoms. The lowest BCUT2D eigenvalue weighted by atomic mass is 10.2. The summed E-state index contributed by atoms with van der Waals surface area (Å²) in [6.45, 7) is 2.93. The lowest BCUT2D eigenvalue weighted by Crippen LogP contribution is -2.33. The summed E-state index contributed by atoms with van der Waals surface area (Å²) in [5.74, 6) is 0. The van der Waals surface area contributed by atoms with Gasteiger partial charge in [0.25, 0.3) is 5.56 Å². The van der Waals surface area contributed by atoms with Gasteiger partial charge in [-0.2, -0.15) is 0 Å². The van der Waals surface area contributed by atoms with E-state index in [-0.39, 0.29) is 6.42 Å². The minimum atomic E-state index is -4.67. The molecule has 166 valence electrons. The van der Waals surface area contributed by atoms with Crippen LogP contribution < -0.4 is 22.7 Å². The van der Waals surface area contributed by atoms with Gasteiger partial charge in [-0.15, -0.1) is 0 Å². The Bertz CT molecular complexity index is 1030. The summed E-state index contributed by atoms with van der Waals surface area (Å²) in [4.78, 5) is 42.3. The molecule has 0 amide bonds. The van der Waals surface area contributed by atoms with Crippen LogP contribution in [0.2, 0.25) is 0 Å². The number of para-hydroxylation sites is 1. The van der Waals surface area contributed by atoms with Crippen molar-refractivity contribution >= 4 is 19.2 Å². The Balaban J connectivity index is 0.000000297. The van der Waals surface area contributed by atoms with E-state index in [2.05, 4.69) is 9.51 Å². The highest BCUT2D eigenvalue weighted by atomic mass is 31.2. The third kappa shape index (κ3) is 6.26. The Labute approximate surface area is 171 Å². The van der Waals surface area contributed by atoms with E-state index >= 15 is 0 Å². The number of hydrogen-bond donors (Lipinski definition) is 6. The maximum atomic E-state index is 11.7. The number of anilines is 2. The topological polar surface area (TPSA) is 203 Å². The van der Waals surface area contributed by atoms with E-state index in [0.29, 0.717) is 16.9 Å². The van der Waals surface area contributed by atoms with Crippen molar-refractivity contribution in [2.75, 3.05) is 18.1 Å². The van der Waals surface area contributed by atoms with Crippen LogP contribution in [0.4, 0.5) is 11.4 Å². The molecule has 0 aliphatic carbocycles. The molecule has 1 aliphatic rings. The van der Waals surface area contributed by atoms with Crippen LogP contribution in [0.25, 0.3) is 0 Å². The van der Waals surface area contributed by atoms with Gasteiger partial charge in [0, 0.05) is 18.2 Å². The number of aliphatic hydroxyl groups is 1. The summed E-state index contributed by atoms with van der Waals surface area (Å²) in [7, 11) is -4.67. The lowest BCUT2D eigenvalue weighted by molar-refractivity contribution is -0.0451. The zero-order valence-corrected chi connectivity index (χ0v) is 17.3. The first kappa shape index (κ1) is 23.8. The van der Waals surface area contributed by atoms with Gasteiger partial charge in [-0.1, -0.05) is 12.1 Å². The molecule has 13 heteroatoms. The fourth-order valence-corrected chi connectivity index (χ4v) is 3.05. The van der Waals surface area contributed by atoms with E-state index in [9.17, 15) is 19.3 Å². The predicted octanol–water partition coefficient (Wildman–Crippen LogP) is -0.238. The van der Waals surface area contributed by atoms with E-state index in [1.807, 2.05) is 19.1 Å². The molecule has 2 aromatic rings. The van der Waals surface area contributed by atoms with Crippen molar-refractivity contribution in [3.05, 3.63) is 56.4 Å². The number of nitrogens with zero attached hydrogens (tertiary/aromatic N) is 1. The van der Waals surface area contributed by atoms with Crippen LogP contribution in [0.15, 0.2) is 34.0 Å². The summed E-state index contributed by atoms with van der Waals surface area (Å²) < 4.78 is 21.4. The first-order valence-electron chi connectivity index (χ1n) is 8.85. The third-order valence-electron chi connectivity index (χ3n) is 4.43. The molecule has 0 unspecified atom stereocenters. The number of benzene rings is 1. The van der Waals surface area contributed by atoms with Gasteiger partial charge in [-0.05, 0) is 25.5 Å². The molecule has 30 heavy (non-hydrogen) atoms. The molecule has 12 nitrogen and oxygen atoms in total. The minimum absolute atomic E-state index is 0.0283. The third-order valence-corrected chi connectivity index (χ3v) is 4.91. The van der Waals surface area contributed by atoms with Gasteiger partial charge in [0.15, 0.2) is 0 Å². The number of aliphatic hydroxyl groups excluding tert-OH is 1. The van der Waals surface area contributed by atoms with E-state index in [4.69, 9.17) is 26.0 Å². The number of phosphoric ester groups is 1. The number of ether oxygens (including phenoxy) is 1. The number of aryl methyl sites for hydroxylation is 2. The van der Waals surface area contributed by atoms with Crippen LogP contribution >= 0.6 is 7.82 Å². The molecule has 1 saturated heterocycles. The van der Waals surface area contributed by atoms with Crippen LogP contribution in [0.3, 0.4) is 0 Å². The van der Waals surface area contributed by atoms with Gasteiger partial charge >= 0.3 is 13.5 Å². The molecule has 2 heterocycles. The Morgan fingerprint density at radius 1 is 1.27 bits per heavy atom. The second-order valence-electron chi connectivity index (χ2n) is 6.78. The van der Waals surface area contributed by atoms with E-state index in [1.165, 1.54) is 13.1 Å². The van der Waals surface area contributed by atoms with Crippen molar-refractivity contribution in [2.24, 2.45) is 0 Å². The molecule has 0 spiro atoms. The fraction of sp³-hybridized carbons (Fsp3) is 0.412. The molecule has 1 aliphatic heterocycles. The van der Waals surface area contributed by atoms with Crippen LogP contribution in [-0.4, -0.2) is 43.3 Å². The molecule has 1 fully saturated rings. The Kier molecular flexibility index (Phi) is 7.59. The van der Waals surface area contributed by atoms with Gasteiger partial charge in [0.05, 0.1) is 24.1 Å². The smallest absolute Gasteiger partial charge is 0.397 e. The molecular weight excluding hydrogens is 419 g/mol. The molecule has 0 saturated carbocycles. The quantitative estimate of drug-likeness (QED) is 0.270. The van der Waals surface area contributed by atoms with E-state index < -0.39 is 44.1 Å². The number of nitrogens with two attached hydrogens (primary N) is 2. The normalized spacial score (nSPS) is 21.2. The van der Waals surface area contributed by atoms with Crippen molar-refractivity contribution in [2.45, 2.75) is 38.7 Å². The van der Waals surface area contributed by atoms with Crippen molar-refractivity contribution < 1.29 is 28.7 Å². The highest BCUT2D eigenvalue weighted by Gasteiger charge is 2.37. The fourth-order valence-electron chi connectivity index (χ4n) is 2.71. The first-order valence-corrected chi connectivity index (χ1v) is 10.4. The monoisotopic (exact) mass is 444 g/mol. The first-order chi connectivity index (χ1) is 13.9. The largest absolute Gasteiger partial charge is 0.469 e. The second-order valence-corrected chi connectivity index (χ2v) is 8.01. The number of nitrogen functional groups attached to an aromatic ring is 2. The Morgan fingerprint density at radius 2 is 1.93 bits per heavy atom. The Hall–Kier alpha value is -2.47. The summed E-state index contributed by atoms with van der Waals surface area (Å²) in [5, 5.41) is 9.79. The van der Waals surface area contributed by atoms with Crippen molar-refractivity contribution in [3.8, 4) is 0 Å².